The van der Waals surface area contributed by atoms with Crippen molar-refractivity contribution in [2.45, 2.75) is 12.6 Å². The van der Waals surface area contributed by atoms with Crippen LogP contribution in [0.15, 0.2) is 66.8 Å². The Labute approximate surface area is 154 Å². The molecule has 6 amide bonds. The second kappa shape index (κ2) is 6.83. The molecule has 1 N–H and O–H groups in total. The van der Waals surface area contributed by atoms with E-state index in [4.69, 9.17) is 0 Å². The monoisotopic (exact) mass is 365 g/mol. The Morgan fingerprint density at radius 1 is 1.04 bits per heavy atom. The third kappa shape index (κ3) is 2.97. The Bertz CT molecular complexity index is 932. The maximum atomic E-state index is 12.8. The van der Waals surface area contributed by atoms with Crippen molar-refractivity contribution >= 4 is 29.7 Å². The number of urea groups is 1. The molecule has 0 spiro atoms. The lowest BCUT2D eigenvalue weighted by atomic mass is 10.1. The first-order chi connectivity index (χ1) is 12.9. The molecule has 27 heavy (non-hydrogen) atoms. The van der Waals surface area contributed by atoms with E-state index >= 15 is 0 Å². The van der Waals surface area contributed by atoms with Crippen LogP contribution in [0.4, 0.5) is 4.79 Å². The van der Waals surface area contributed by atoms with E-state index in [-0.39, 0.29) is 17.7 Å². The van der Waals surface area contributed by atoms with E-state index in [2.05, 4.69) is 13.2 Å². The molecule has 0 saturated carbocycles. The van der Waals surface area contributed by atoms with Crippen molar-refractivity contribution in [3.8, 4) is 0 Å². The SMILES string of the molecule is C=C/C=C1\C(=C)C(=O)N(C2C(=O)NC(=O)N(Cc3ccccc3)C2=O)C1=O. The first kappa shape index (κ1) is 18.0. The lowest BCUT2D eigenvalue weighted by Gasteiger charge is -2.33. The number of nitrogens with one attached hydrogen (secondary N) is 1. The molecular weight excluding hydrogens is 350 g/mol. The van der Waals surface area contributed by atoms with Crippen molar-refractivity contribution in [2.75, 3.05) is 0 Å². The minimum atomic E-state index is -1.78. The van der Waals surface area contributed by atoms with Gasteiger partial charge in [0.25, 0.3) is 23.6 Å². The third-order valence-electron chi connectivity index (χ3n) is 4.20. The first-order valence-corrected chi connectivity index (χ1v) is 7.96. The summed E-state index contributed by atoms with van der Waals surface area (Å²) in [6.45, 7) is 6.88. The number of benzene rings is 1. The summed E-state index contributed by atoms with van der Waals surface area (Å²) >= 11 is 0. The normalized spacial score (nSPS) is 21.9. The molecule has 0 aromatic heterocycles. The molecule has 3 rings (SSSR count). The zero-order valence-electron chi connectivity index (χ0n) is 14.2. The number of hydrogen-bond acceptors (Lipinski definition) is 5. The van der Waals surface area contributed by atoms with Crippen LogP contribution in [-0.2, 0) is 25.7 Å². The first-order valence-electron chi connectivity index (χ1n) is 7.96. The van der Waals surface area contributed by atoms with Gasteiger partial charge in [0.1, 0.15) is 0 Å². The molecule has 2 fully saturated rings. The number of likely N-dealkylation sites (tertiary alicyclic amines) is 1. The van der Waals surface area contributed by atoms with E-state index in [1.165, 1.54) is 12.2 Å². The van der Waals surface area contributed by atoms with Gasteiger partial charge >= 0.3 is 6.03 Å². The van der Waals surface area contributed by atoms with Crippen LogP contribution in [0.1, 0.15) is 5.56 Å². The Morgan fingerprint density at radius 3 is 2.33 bits per heavy atom. The number of rotatable bonds is 4. The van der Waals surface area contributed by atoms with E-state index in [0.717, 1.165) is 4.90 Å². The predicted octanol–water partition coefficient (Wildman–Crippen LogP) is 0.671. The molecule has 136 valence electrons. The van der Waals surface area contributed by atoms with Gasteiger partial charge in [-0.3, -0.25) is 34.3 Å². The Kier molecular flexibility index (Phi) is 4.55. The van der Waals surface area contributed by atoms with Crippen LogP contribution in [0.2, 0.25) is 0 Å². The fraction of sp³-hybridized carbons (Fsp3) is 0.105. The highest BCUT2D eigenvalue weighted by Gasteiger charge is 2.52. The summed E-state index contributed by atoms with van der Waals surface area (Å²) in [5.74, 6) is -3.70. The molecule has 2 saturated heterocycles. The zero-order valence-corrected chi connectivity index (χ0v) is 14.2. The van der Waals surface area contributed by atoms with Crippen LogP contribution >= 0.6 is 0 Å². The lowest BCUT2D eigenvalue weighted by Crippen LogP contribution is -2.66. The molecule has 2 aliphatic rings. The number of hydrogen-bond donors (Lipinski definition) is 1. The number of nitrogens with zero attached hydrogens (tertiary/aromatic N) is 2. The average Bonchev–Trinajstić information content (AvgIpc) is 2.84. The highest BCUT2D eigenvalue weighted by atomic mass is 16.2. The van der Waals surface area contributed by atoms with Crippen LogP contribution in [0.3, 0.4) is 0 Å². The Balaban J connectivity index is 1.95. The van der Waals surface area contributed by atoms with Crippen molar-refractivity contribution in [1.82, 2.24) is 15.1 Å². The van der Waals surface area contributed by atoms with Gasteiger partial charge in [0.2, 0.25) is 0 Å². The zero-order chi connectivity index (χ0) is 19.7. The van der Waals surface area contributed by atoms with Gasteiger partial charge in [-0.2, -0.15) is 0 Å². The van der Waals surface area contributed by atoms with Crippen LogP contribution < -0.4 is 5.32 Å². The van der Waals surface area contributed by atoms with E-state index in [1.807, 2.05) is 5.32 Å². The van der Waals surface area contributed by atoms with E-state index in [9.17, 15) is 24.0 Å². The average molecular weight is 365 g/mol. The van der Waals surface area contributed by atoms with E-state index < -0.39 is 35.7 Å². The summed E-state index contributed by atoms with van der Waals surface area (Å²) in [6, 6.07) is 5.94. The van der Waals surface area contributed by atoms with Crippen LogP contribution in [0.25, 0.3) is 0 Å². The number of imide groups is 3. The largest absolute Gasteiger partial charge is 0.331 e. The fourth-order valence-electron chi connectivity index (χ4n) is 2.88. The van der Waals surface area contributed by atoms with Gasteiger partial charge < -0.3 is 0 Å². The molecule has 1 aromatic carbocycles. The Hall–Kier alpha value is -3.81. The van der Waals surface area contributed by atoms with Crippen LogP contribution in [0.5, 0.6) is 0 Å². The highest BCUT2D eigenvalue weighted by Crippen LogP contribution is 2.27. The third-order valence-corrected chi connectivity index (χ3v) is 4.20. The summed E-state index contributed by atoms with van der Waals surface area (Å²) in [6.07, 6.45) is 2.57. The summed E-state index contributed by atoms with van der Waals surface area (Å²) in [5, 5.41) is 2.02. The molecular formula is C19H15N3O5. The molecule has 2 aliphatic heterocycles. The second-order valence-electron chi connectivity index (χ2n) is 5.88. The Morgan fingerprint density at radius 2 is 1.70 bits per heavy atom. The molecule has 0 aliphatic carbocycles. The topological polar surface area (TPSA) is 104 Å². The molecule has 2 heterocycles. The molecule has 8 heteroatoms. The van der Waals surface area contributed by atoms with Crippen molar-refractivity contribution < 1.29 is 24.0 Å². The number of carbonyl (C=O) groups excluding carboxylic acids is 5. The maximum absolute atomic E-state index is 12.8. The van der Waals surface area contributed by atoms with Gasteiger partial charge in [0, 0.05) is 5.57 Å². The summed E-state index contributed by atoms with van der Waals surface area (Å²) in [7, 11) is 0. The van der Waals surface area contributed by atoms with Gasteiger partial charge in [0.15, 0.2) is 6.04 Å². The lowest BCUT2D eigenvalue weighted by molar-refractivity contribution is -0.155. The standard InChI is InChI=1S/C19H15N3O5/c1-3-7-13-11(2)16(24)22(17(13)25)14-15(23)20-19(27)21(18(14)26)10-12-8-5-4-6-9-12/h3-9,14H,1-2,10H2,(H,20,23,27)/b13-7+. The minimum Gasteiger partial charge on any atom is -0.275 e. The quantitative estimate of drug-likeness (QED) is 0.480. The highest BCUT2D eigenvalue weighted by molar-refractivity contribution is 6.30. The number of amides is 6. The predicted molar refractivity (Wildman–Crippen MR) is 93.6 cm³/mol. The smallest absolute Gasteiger partial charge is 0.275 e. The second-order valence-corrected chi connectivity index (χ2v) is 5.88. The van der Waals surface area contributed by atoms with Crippen LogP contribution in [0, 0.1) is 0 Å². The van der Waals surface area contributed by atoms with Gasteiger partial charge in [-0.05, 0) is 11.6 Å². The summed E-state index contributed by atoms with van der Waals surface area (Å²) in [4.78, 5) is 63.5. The van der Waals surface area contributed by atoms with Gasteiger partial charge in [-0.25, -0.2) is 4.79 Å². The molecule has 0 bridgehead atoms. The van der Waals surface area contributed by atoms with Crippen molar-refractivity contribution in [3.63, 3.8) is 0 Å². The number of allylic oxidation sites excluding steroid dienone is 2. The molecule has 8 nitrogen and oxygen atoms in total. The summed E-state index contributed by atoms with van der Waals surface area (Å²) < 4.78 is 0. The van der Waals surface area contributed by atoms with Crippen molar-refractivity contribution in [2.24, 2.45) is 0 Å². The molecule has 1 unspecified atom stereocenters. The number of carbonyl (C=O) groups is 5. The van der Waals surface area contributed by atoms with Crippen molar-refractivity contribution in [3.05, 3.63) is 72.4 Å². The maximum Gasteiger partial charge on any atom is 0.331 e. The number of barbiturate groups is 1. The van der Waals surface area contributed by atoms with Crippen LogP contribution in [-0.4, -0.2) is 45.5 Å². The minimum absolute atomic E-state index is 0.0536. The fourth-order valence-corrected chi connectivity index (χ4v) is 2.88. The van der Waals surface area contributed by atoms with Gasteiger partial charge in [0.05, 0.1) is 12.1 Å². The summed E-state index contributed by atoms with van der Waals surface area (Å²) in [5.41, 5.74) is 0.443. The molecule has 1 atom stereocenters. The van der Waals surface area contributed by atoms with Gasteiger partial charge in [-0.15, -0.1) is 0 Å². The molecule has 0 radical (unpaired) electrons. The van der Waals surface area contributed by atoms with E-state index in [1.54, 1.807) is 30.3 Å². The van der Waals surface area contributed by atoms with Crippen molar-refractivity contribution in [1.29, 1.82) is 0 Å². The van der Waals surface area contributed by atoms with Gasteiger partial charge in [-0.1, -0.05) is 49.6 Å². The van der Waals surface area contributed by atoms with E-state index in [0.29, 0.717) is 10.5 Å². The molecule has 1 aromatic rings.